The Morgan fingerprint density at radius 2 is 1.64 bits per heavy atom. The molecular weight excluding hydrogens is 541 g/mol. The summed E-state index contributed by atoms with van der Waals surface area (Å²) in [7, 11) is 0. The molecule has 39 heavy (non-hydrogen) atoms. The summed E-state index contributed by atoms with van der Waals surface area (Å²) >= 11 is 12.4. The van der Waals surface area contributed by atoms with Gasteiger partial charge in [-0.1, -0.05) is 59.6 Å². The van der Waals surface area contributed by atoms with E-state index in [-0.39, 0.29) is 56.2 Å². The molecule has 3 amide bonds. The van der Waals surface area contributed by atoms with Gasteiger partial charge in [0.15, 0.2) is 0 Å². The molecule has 3 aromatic rings. The number of benzene rings is 3. The van der Waals surface area contributed by atoms with Crippen LogP contribution in [0.5, 0.6) is 5.75 Å². The first kappa shape index (κ1) is 28.3. The van der Waals surface area contributed by atoms with Crippen LogP contribution in [0.1, 0.15) is 33.5 Å². The standard InChI is InChI=1S/C29H29Cl2N3O5/c30-23-9-8-22(26(31)14-23)18-34-16-20(13-27(36)37)15-33(29(34)39)17-21-5-1-2-7-25(21)28(38)32-11-10-19-4-3-6-24(35)12-19/h1-9,12,14,20,35H,10-11,13,15-18H2,(H,32,38)(H,36,37). The van der Waals surface area contributed by atoms with Crippen LogP contribution in [0.2, 0.25) is 10.0 Å². The molecule has 1 saturated heterocycles. The number of hydrogen-bond acceptors (Lipinski definition) is 4. The summed E-state index contributed by atoms with van der Waals surface area (Å²) in [6.07, 6.45) is 0.456. The number of nitrogens with one attached hydrogen (secondary N) is 1. The van der Waals surface area contributed by atoms with Gasteiger partial charge in [-0.05, 0) is 53.4 Å². The van der Waals surface area contributed by atoms with Crippen molar-refractivity contribution in [2.45, 2.75) is 25.9 Å². The fourth-order valence-corrected chi connectivity index (χ4v) is 5.21. The van der Waals surface area contributed by atoms with E-state index in [0.717, 1.165) is 5.56 Å². The summed E-state index contributed by atoms with van der Waals surface area (Å²) in [5.41, 5.74) is 2.69. The fraction of sp³-hybridized carbons (Fsp3) is 0.276. The van der Waals surface area contributed by atoms with E-state index in [2.05, 4.69) is 5.32 Å². The minimum Gasteiger partial charge on any atom is -0.508 e. The normalized spacial score (nSPS) is 15.3. The molecule has 10 heteroatoms. The first-order chi connectivity index (χ1) is 18.7. The molecule has 4 rings (SSSR count). The van der Waals surface area contributed by atoms with Gasteiger partial charge in [-0.25, -0.2) is 4.79 Å². The zero-order valence-corrected chi connectivity index (χ0v) is 22.7. The Bertz CT molecular complexity index is 1370. The number of carbonyl (C=O) groups is 3. The lowest BCUT2D eigenvalue weighted by Gasteiger charge is -2.40. The predicted molar refractivity (Wildman–Crippen MR) is 149 cm³/mol. The van der Waals surface area contributed by atoms with Gasteiger partial charge in [0, 0.05) is 54.3 Å². The molecule has 1 fully saturated rings. The van der Waals surface area contributed by atoms with Gasteiger partial charge in [0.1, 0.15) is 5.75 Å². The molecule has 0 spiro atoms. The van der Waals surface area contributed by atoms with E-state index < -0.39 is 5.97 Å². The highest BCUT2D eigenvalue weighted by molar-refractivity contribution is 6.35. The molecule has 1 aliphatic heterocycles. The van der Waals surface area contributed by atoms with Crippen LogP contribution in [0.4, 0.5) is 4.79 Å². The number of nitrogens with zero attached hydrogens (tertiary/aromatic N) is 2. The Balaban J connectivity index is 1.48. The van der Waals surface area contributed by atoms with Crippen molar-refractivity contribution in [3.05, 3.63) is 99.0 Å². The summed E-state index contributed by atoms with van der Waals surface area (Å²) < 4.78 is 0. The van der Waals surface area contributed by atoms with Crippen LogP contribution >= 0.6 is 23.2 Å². The number of phenolic OH excluding ortho intramolecular Hbond substituents is 1. The summed E-state index contributed by atoms with van der Waals surface area (Å²) in [6.45, 7) is 1.26. The summed E-state index contributed by atoms with van der Waals surface area (Å²) in [5.74, 6) is -1.34. The van der Waals surface area contributed by atoms with Crippen LogP contribution in [0.3, 0.4) is 0 Å². The monoisotopic (exact) mass is 569 g/mol. The van der Waals surface area contributed by atoms with E-state index in [1.165, 1.54) is 0 Å². The van der Waals surface area contributed by atoms with Gasteiger partial charge in [-0.2, -0.15) is 0 Å². The van der Waals surface area contributed by atoms with Crippen LogP contribution in [-0.4, -0.2) is 57.6 Å². The minimum absolute atomic E-state index is 0.0915. The number of halogens is 2. The van der Waals surface area contributed by atoms with Gasteiger partial charge in [0.25, 0.3) is 5.91 Å². The largest absolute Gasteiger partial charge is 0.508 e. The highest BCUT2D eigenvalue weighted by atomic mass is 35.5. The summed E-state index contributed by atoms with van der Waals surface area (Å²) in [4.78, 5) is 41.2. The third-order valence-electron chi connectivity index (χ3n) is 6.57. The van der Waals surface area contributed by atoms with Crippen LogP contribution in [0, 0.1) is 5.92 Å². The van der Waals surface area contributed by atoms with Crippen molar-refractivity contribution in [3.63, 3.8) is 0 Å². The van der Waals surface area contributed by atoms with E-state index in [4.69, 9.17) is 23.2 Å². The van der Waals surface area contributed by atoms with Gasteiger partial charge < -0.3 is 25.3 Å². The lowest BCUT2D eigenvalue weighted by Crippen LogP contribution is -2.53. The number of rotatable bonds is 10. The molecule has 8 nitrogen and oxygen atoms in total. The number of phenols is 1. The number of carboxylic acid groups (broad SMARTS) is 1. The number of urea groups is 1. The molecule has 1 heterocycles. The lowest BCUT2D eigenvalue weighted by molar-refractivity contribution is -0.138. The average molecular weight is 570 g/mol. The van der Waals surface area contributed by atoms with E-state index in [1.807, 2.05) is 6.07 Å². The Labute approximate surface area is 236 Å². The second kappa shape index (κ2) is 12.9. The summed E-state index contributed by atoms with van der Waals surface area (Å²) in [5, 5.41) is 22.9. The second-order valence-corrected chi connectivity index (χ2v) is 10.4. The molecule has 0 aliphatic carbocycles. The Morgan fingerprint density at radius 3 is 2.33 bits per heavy atom. The minimum atomic E-state index is -0.940. The maximum absolute atomic E-state index is 13.5. The van der Waals surface area contributed by atoms with Crippen molar-refractivity contribution in [2.24, 2.45) is 5.92 Å². The third kappa shape index (κ3) is 7.65. The molecule has 0 saturated carbocycles. The van der Waals surface area contributed by atoms with Gasteiger partial charge in [0.05, 0.1) is 6.42 Å². The highest BCUT2D eigenvalue weighted by Crippen LogP contribution is 2.27. The number of hydrogen-bond donors (Lipinski definition) is 3. The average Bonchev–Trinajstić information content (AvgIpc) is 2.88. The van der Waals surface area contributed by atoms with E-state index >= 15 is 0 Å². The van der Waals surface area contributed by atoms with Crippen LogP contribution in [0.25, 0.3) is 0 Å². The molecule has 1 unspecified atom stereocenters. The number of aromatic hydroxyl groups is 1. The van der Waals surface area contributed by atoms with E-state index in [9.17, 15) is 24.6 Å². The molecule has 204 valence electrons. The van der Waals surface area contributed by atoms with Crippen molar-refractivity contribution in [3.8, 4) is 5.75 Å². The maximum Gasteiger partial charge on any atom is 0.320 e. The molecule has 0 radical (unpaired) electrons. The fourth-order valence-electron chi connectivity index (χ4n) is 4.75. The van der Waals surface area contributed by atoms with Crippen LogP contribution < -0.4 is 5.32 Å². The second-order valence-electron chi connectivity index (χ2n) is 9.58. The van der Waals surface area contributed by atoms with Gasteiger partial charge in [-0.15, -0.1) is 0 Å². The molecule has 3 aromatic carbocycles. The molecule has 3 N–H and O–H groups in total. The lowest BCUT2D eigenvalue weighted by atomic mass is 9.99. The molecule has 1 atom stereocenters. The van der Waals surface area contributed by atoms with Crippen molar-refractivity contribution in [1.29, 1.82) is 0 Å². The first-order valence-electron chi connectivity index (χ1n) is 12.5. The highest BCUT2D eigenvalue weighted by Gasteiger charge is 2.33. The van der Waals surface area contributed by atoms with E-state index in [1.54, 1.807) is 70.5 Å². The number of carboxylic acids is 1. The Morgan fingerprint density at radius 1 is 0.923 bits per heavy atom. The van der Waals surface area contributed by atoms with Crippen molar-refractivity contribution in [2.75, 3.05) is 19.6 Å². The predicted octanol–water partition coefficient (Wildman–Crippen LogP) is 5.20. The van der Waals surface area contributed by atoms with Crippen molar-refractivity contribution in [1.82, 2.24) is 15.1 Å². The quantitative estimate of drug-likeness (QED) is 0.311. The first-order valence-corrected chi connectivity index (χ1v) is 13.3. The molecule has 0 aromatic heterocycles. The molecular formula is C29H29Cl2N3O5. The number of carbonyl (C=O) groups excluding carboxylic acids is 2. The third-order valence-corrected chi connectivity index (χ3v) is 7.16. The SMILES string of the molecule is O=C(O)CC1CN(Cc2ccc(Cl)cc2Cl)C(=O)N(Cc2ccccc2C(=O)NCCc2cccc(O)c2)C1. The van der Waals surface area contributed by atoms with Gasteiger partial charge in [-0.3, -0.25) is 9.59 Å². The molecule has 0 bridgehead atoms. The molecule has 1 aliphatic rings. The van der Waals surface area contributed by atoms with Crippen molar-refractivity contribution < 1.29 is 24.6 Å². The topological polar surface area (TPSA) is 110 Å². The number of aliphatic carboxylic acids is 1. The van der Waals surface area contributed by atoms with Crippen LogP contribution in [0.15, 0.2) is 66.7 Å². The number of amides is 3. The summed E-state index contributed by atoms with van der Waals surface area (Å²) in [6, 6.07) is 18.7. The van der Waals surface area contributed by atoms with E-state index in [0.29, 0.717) is 39.7 Å². The zero-order chi connectivity index (χ0) is 27.9. The van der Waals surface area contributed by atoms with Gasteiger partial charge in [0.2, 0.25) is 0 Å². The Kier molecular flexibility index (Phi) is 9.32. The van der Waals surface area contributed by atoms with Crippen LogP contribution in [-0.2, 0) is 24.3 Å². The smallest absolute Gasteiger partial charge is 0.320 e. The van der Waals surface area contributed by atoms with Crippen molar-refractivity contribution >= 4 is 41.1 Å². The maximum atomic E-state index is 13.5. The van der Waals surface area contributed by atoms with Gasteiger partial charge >= 0.3 is 12.0 Å². The Hall–Kier alpha value is -3.75. The zero-order valence-electron chi connectivity index (χ0n) is 21.1.